The van der Waals surface area contributed by atoms with Crippen LogP contribution in [-0.2, 0) is 9.59 Å². The molecule has 0 aromatic heterocycles. The first-order valence-corrected chi connectivity index (χ1v) is 9.82. The van der Waals surface area contributed by atoms with Gasteiger partial charge in [0.05, 0.1) is 12.8 Å². The summed E-state index contributed by atoms with van der Waals surface area (Å²) in [5.41, 5.74) is 0.717. The highest BCUT2D eigenvalue weighted by atomic mass is 16.5. The highest BCUT2D eigenvalue weighted by Crippen LogP contribution is 2.25. The summed E-state index contributed by atoms with van der Waals surface area (Å²) in [5.74, 6) is 0.980. The lowest BCUT2D eigenvalue weighted by atomic mass is 9.95. The Labute approximate surface area is 161 Å². The highest BCUT2D eigenvalue weighted by Gasteiger charge is 2.26. The van der Waals surface area contributed by atoms with Gasteiger partial charge in [0, 0.05) is 45.1 Å². The van der Waals surface area contributed by atoms with Crippen LogP contribution >= 0.6 is 0 Å². The van der Waals surface area contributed by atoms with Crippen molar-refractivity contribution in [2.24, 2.45) is 5.92 Å². The lowest BCUT2D eigenvalue weighted by Gasteiger charge is -2.32. The largest absolute Gasteiger partial charge is 0.495 e. The van der Waals surface area contributed by atoms with Gasteiger partial charge in [-0.05, 0) is 38.1 Å². The van der Waals surface area contributed by atoms with E-state index in [-0.39, 0.29) is 17.7 Å². The van der Waals surface area contributed by atoms with Crippen LogP contribution in [0.4, 0.5) is 5.69 Å². The second kappa shape index (κ2) is 9.71. The Hall–Kier alpha value is -2.12. The van der Waals surface area contributed by atoms with Crippen molar-refractivity contribution >= 4 is 17.5 Å². The number of para-hydroxylation sites is 2. The van der Waals surface area contributed by atoms with Gasteiger partial charge in [-0.2, -0.15) is 0 Å². The maximum absolute atomic E-state index is 12.6. The van der Waals surface area contributed by atoms with Crippen LogP contribution in [0.15, 0.2) is 24.3 Å². The van der Waals surface area contributed by atoms with Gasteiger partial charge in [-0.25, -0.2) is 0 Å². The Morgan fingerprint density at radius 3 is 2.56 bits per heavy atom. The zero-order valence-corrected chi connectivity index (χ0v) is 16.1. The number of piperidine rings is 1. The van der Waals surface area contributed by atoms with Crippen molar-refractivity contribution in [2.75, 3.05) is 58.2 Å². The first kappa shape index (κ1) is 19.6. The molecule has 2 heterocycles. The van der Waals surface area contributed by atoms with E-state index in [0.717, 1.165) is 58.7 Å². The molecule has 7 nitrogen and oxygen atoms in total. The van der Waals surface area contributed by atoms with E-state index in [2.05, 4.69) is 15.5 Å². The number of hydrogen-bond donors (Lipinski definition) is 2. The SMILES string of the molecule is COc1ccccc1NC(=O)C1CCN(CCC(=O)N2CCNCC2)CC1. The lowest BCUT2D eigenvalue weighted by Crippen LogP contribution is -2.47. The van der Waals surface area contributed by atoms with Crippen molar-refractivity contribution in [3.05, 3.63) is 24.3 Å². The van der Waals surface area contributed by atoms with Gasteiger partial charge >= 0.3 is 0 Å². The number of piperazine rings is 1. The van der Waals surface area contributed by atoms with Gasteiger partial charge in [0.15, 0.2) is 0 Å². The third-order valence-corrected chi connectivity index (χ3v) is 5.43. The molecule has 1 aromatic rings. The maximum atomic E-state index is 12.6. The number of nitrogens with one attached hydrogen (secondary N) is 2. The van der Waals surface area contributed by atoms with Crippen molar-refractivity contribution in [1.29, 1.82) is 0 Å². The molecule has 3 rings (SSSR count). The van der Waals surface area contributed by atoms with E-state index in [4.69, 9.17) is 4.74 Å². The molecule has 1 aromatic carbocycles. The van der Waals surface area contributed by atoms with Crippen LogP contribution in [0.5, 0.6) is 5.75 Å². The van der Waals surface area contributed by atoms with E-state index >= 15 is 0 Å². The summed E-state index contributed by atoms with van der Waals surface area (Å²) in [4.78, 5) is 29.1. The minimum absolute atomic E-state index is 0.00929. The molecule has 7 heteroatoms. The average Bonchev–Trinajstić information content (AvgIpc) is 2.73. The minimum Gasteiger partial charge on any atom is -0.495 e. The molecule has 0 aliphatic carbocycles. The average molecular weight is 374 g/mol. The molecule has 2 saturated heterocycles. The maximum Gasteiger partial charge on any atom is 0.227 e. The van der Waals surface area contributed by atoms with Crippen LogP contribution in [0.25, 0.3) is 0 Å². The zero-order chi connectivity index (χ0) is 19.1. The number of nitrogens with zero attached hydrogens (tertiary/aromatic N) is 2. The molecular formula is C20H30N4O3. The fourth-order valence-corrected chi connectivity index (χ4v) is 3.73. The number of anilines is 1. The smallest absolute Gasteiger partial charge is 0.227 e. The number of methoxy groups -OCH3 is 1. The summed E-state index contributed by atoms with van der Waals surface area (Å²) in [5, 5.41) is 6.26. The predicted octanol–water partition coefficient (Wildman–Crippen LogP) is 1.17. The number of rotatable bonds is 6. The number of ether oxygens (including phenoxy) is 1. The Morgan fingerprint density at radius 1 is 1.15 bits per heavy atom. The third-order valence-electron chi connectivity index (χ3n) is 5.43. The van der Waals surface area contributed by atoms with Gasteiger partial charge in [0.1, 0.15) is 5.75 Å². The molecule has 0 saturated carbocycles. The quantitative estimate of drug-likeness (QED) is 0.782. The number of carbonyl (C=O) groups is 2. The lowest BCUT2D eigenvalue weighted by molar-refractivity contribution is -0.132. The molecule has 2 fully saturated rings. The second-order valence-electron chi connectivity index (χ2n) is 7.19. The number of hydrogen-bond acceptors (Lipinski definition) is 5. The summed E-state index contributed by atoms with van der Waals surface area (Å²) < 4.78 is 5.29. The second-order valence-corrected chi connectivity index (χ2v) is 7.19. The summed E-state index contributed by atoms with van der Waals surface area (Å²) in [6.45, 7) is 5.90. The van der Waals surface area contributed by atoms with E-state index in [1.54, 1.807) is 7.11 Å². The molecular weight excluding hydrogens is 344 g/mol. The number of amides is 2. The molecule has 2 aliphatic rings. The van der Waals surface area contributed by atoms with Gasteiger partial charge in [-0.15, -0.1) is 0 Å². The van der Waals surface area contributed by atoms with Gasteiger partial charge in [-0.3, -0.25) is 9.59 Å². The van der Waals surface area contributed by atoms with Gasteiger partial charge in [0.25, 0.3) is 0 Å². The molecule has 0 atom stereocenters. The van der Waals surface area contributed by atoms with Gasteiger partial charge < -0.3 is 25.2 Å². The summed E-state index contributed by atoms with van der Waals surface area (Å²) in [7, 11) is 1.60. The zero-order valence-electron chi connectivity index (χ0n) is 16.1. The van der Waals surface area contributed by atoms with Gasteiger partial charge in [-0.1, -0.05) is 12.1 Å². The van der Waals surface area contributed by atoms with Crippen molar-refractivity contribution in [3.8, 4) is 5.75 Å². The molecule has 0 unspecified atom stereocenters. The minimum atomic E-state index is 0.00929. The van der Waals surface area contributed by atoms with E-state index in [0.29, 0.717) is 17.9 Å². The third kappa shape index (κ3) is 5.43. The molecule has 27 heavy (non-hydrogen) atoms. The van der Waals surface area contributed by atoms with Crippen LogP contribution < -0.4 is 15.4 Å². The Bertz CT molecular complexity index is 638. The van der Waals surface area contributed by atoms with Crippen LogP contribution in [-0.4, -0.2) is 74.5 Å². The van der Waals surface area contributed by atoms with Crippen LogP contribution in [0, 0.1) is 5.92 Å². The van der Waals surface area contributed by atoms with E-state index in [1.807, 2.05) is 29.2 Å². The van der Waals surface area contributed by atoms with Crippen LogP contribution in [0.3, 0.4) is 0 Å². The number of likely N-dealkylation sites (tertiary alicyclic amines) is 1. The van der Waals surface area contributed by atoms with E-state index in [9.17, 15) is 9.59 Å². The van der Waals surface area contributed by atoms with E-state index in [1.165, 1.54) is 0 Å². The highest BCUT2D eigenvalue weighted by molar-refractivity contribution is 5.94. The van der Waals surface area contributed by atoms with Crippen molar-refractivity contribution in [1.82, 2.24) is 15.1 Å². The number of carbonyl (C=O) groups excluding carboxylic acids is 2. The van der Waals surface area contributed by atoms with Crippen molar-refractivity contribution < 1.29 is 14.3 Å². The van der Waals surface area contributed by atoms with Gasteiger partial charge in [0.2, 0.25) is 11.8 Å². The topological polar surface area (TPSA) is 73.9 Å². The fraction of sp³-hybridized carbons (Fsp3) is 0.600. The molecule has 2 aliphatic heterocycles. The standard InChI is InChI=1S/C20H30N4O3/c1-27-18-5-3-2-4-17(18)22-20(26)16-6-11-23(12-7-16)13-8-19(25)24-14-9-21-10-15-24/h2-5,16,21H,6-15H2,1H3,(H,22,26). The Kier molecular flexibility index (Phi) is 7.06. The summed E-state index contributed by atoms with van der Waals surface area (Å²) in [6.07, 6.45) is 2.21. The van der Waals surface area contributed by atoms with Crippen molar-refractivity contribution in [2.45, 2.75) is 19.3 Å². The summed E-state index contributed by atoms with van der Waals surface area (Å²) in [6, 6.07) is 7.46. The summed E-state index contributed by atoms with van der Waals surface area (Å²) >= 11 is 0. The first-order chi connectivity index (χ1) is 13.2. The van der Waals surface area contributed by atoms with Crippen molar-refractivity contribution in [3.63, 3.8) is 0 Å². The number of benzene rings is 1. The van der Waals surface area contributed by atoms with Crippen LogP contribution in [0.1, 0.15) is 19.3 Å². The molecule has 0 radical (unpaired) electrons. The molecule has 0 bridgehead atoms. The fourth-order valence-electron chi connectivity index (χ4n) is 3.73. The van der Waals surface area contributed by atoms with Crippen LogP contribution in [0.2, 0.25) is 0 Å². The molecule has 2 N–H and O–H groups in total. The monoisotopic (exact) mass is 374 g/mol. The molecule has 2 amide bonds. The Morgan fingerprint density at radius 2 is 1.85 bits per heavy atom. The molecule has 148 valence electrons. The predicted molar refractivity (Wildman–Crippen MR) is 105 cm³/mol. The Balaban J connectivity index is 1.40. The first-order valence-electron chi connectivity index (χ1n) is 9.82. The van der Waals surface area contributed by atoms with E-state index < -0.39 is 0 Å². The molecule has 0 spiro atoms. The normalized spacial score (nSPS) is 18.9.